The molecule has 126 valence electrons. The van der Waals surface area contributed by atoms with Crippen LogP contribution in [-0.2, 0) is 10.0 Å². The van der Waals surface area contributed by atoms with Gasteiger partial charge in [0.05, 0.1) is 4.90 Å². The SMILES string of the molecule is CCCCCC(Cl)CC(Cl)CNS(=O)(=O)c1ccc(Cl)cc1. The van der Waals surface area contributed by atoms with Crippen LogP contribution in [0.4, 0.5) is 0 Å². The molecule has 0 aromatic heterocycles. The summed E-state index contributed by atoms with van der Waals surface area (Å²) in [6.45, 7) is 2.29. The molecule has 1 N–H and O–H groups in total. The van der Waals surface area contributed by atoms with Crippen LogP contribution in [0.25, 0.3) is 0 Å². The molecular weight excluding hydrogens is 365 g/mol. The molecule has 0 heterocycles. The van der Waals surface area contributed by atoms with Crippen molar-refractivity contribution < 1.29 is 8.42 Å². The van der Waals surface area contributed by atoms with Crippen LogP contribution in [0.2, 0.25) is 5.02 Å². The van der Waals surface area contributed by atoms with E-state index in [1.54, 1.807) is 0 Å². The van der Waals surface area contributed by atoms with E-state index >= 15 is 0 Å². The summed E-state index contributed by atoms with van der Waals surface area (Å²) in [4.78, 5) is 0.172. The Hall–Kier alpha value is -0.000000000000000111. The van der Waals surface area contributed by atoms with Crippen LogP contribution in [0.5, 0.6) is 0 Å². The minimum Gasteiger partial charge on any atom is -0.210 e. The zero-order chi connectivity index (χ0) is 16.6. The van der Waals surface area contributed by atoms with Gasteiger partial charge in [-0.3, -0.25) is 0 Å². The first-order valence-electron chi connectivity index (χ1n) is 7.38. The van der Waals surface area contributed by atoms with E-state index in [0.717, 1.165) is 25.7 Å². The Morgan fingerprint density at radius 3 is 2.32 bits per heavy atom. The average molecular weight is 387 g/mol. The maximum Gasteiger partial charge on any atom is 0.240 e. The highest BCUT2D eigenvalue weighted by atomic mass is 35.5. The third-order valence-corrected chi connectivity index (χ3v) is 5.67. The van der Waals surface area contributed by atoms with Gasteiger partial charge in [0.1, 0.15) is 0 Å². The molecule has 1 aromatic rings. The van der Waals surface area contributed by atoms with E-state index in [1.165, 1.54) is 24.3 Å². The van der Waals surface area contributed by atoms with Gasteiger partial charge in [0, 0.05) is 22.3 Å². The predicted octanol–water partition coefficient (Wildman–Crippen LogP) is 4.80. The molecule has 0 aliphatic heterocycles. The maximum absolute atomic E-state index is 12.1. The molecule has 0 bridgehead atoms. The molecular formula is C15H22Cl3NO2S. The van der Waals surface area contributed by atoms with Gasteiger partial charge in [-0.05, 0) is 37.1 Å². The molecule has 2 unspecified atom stereocenters. The van der Waals surface area contributed by atoms with E-state index in [-0.39, 0.29) is 22.2 Å². The molecule has 0 spiro atoms. The highest BCUT2D eigenvalue weighted by Crippen LogP contribution is 2.18. The first-order chi connectivity index (χ1) is 10.3. The Morgan fingerprint density at radius 2 is 1.73 bits per heavy atom. The van der Waals surface area contributed by atoms with Gasteiger partial charge in [-0.25, -0.2) is 13.1 Å². The monoisotopic (exact) mass is 385 g/mol. The van der Waals surface area contributed by atoms with E-state index < -0.39 is 10.0 Å². The Morgan fingerprint density at radius 1 is 1.09 bits per heavy atom. The summed E-state index contributed by atoms with van der Waals surface area (Å²) in [6.07, 6.45) is 4.86. The second-order valence-electron chi connectivity index (χ2n) is 5.23. The second kappa shape index (κ2) is 9.99. The first kappa shape index (κ1) is 20.0. The van der Waals surface area contributed by atoms with Gasteiger partial charge in [-0.1, -0.05) is 37.8 Å². The molecule has 0 aliphatic carbocycles. The number of nitrogens with one attached hydrogen (secondary N) is 1. The number of benzene rings is 1. The molecule has 0 fully saturated rings. The fourth-order valence-electron chi connectivity index (χ4n) is 1.99. The molecule has 1 rings (SSSR count). The van der Waals surface area contributed by atoms with E-state index in [2.05, 4.69) is 11.6 Å². The third kappa shape index (κ3) is 7.51. The van der Waals surface area contributed by atoms with E-state index in [9.17, 15) is 8.42 Å². The predicted molar refractivity (Wildman–Crippen MR) is 94.7 cm³/mol. The lowest BCUT2D eigenvalue weighted by Crippen LogP contribution is -2.31. The van der Waals surface area contributed by atoms with E-state index in [1.807, 2.05) is 0 Å². The number of rotatable bonds is 10. The molecule has 0 saturated heterocycles. The molecule has 0 amide bonds. The largest absolute Gasteiger partial charge is 0.240 e. The number of hydrogen-bond donors (Lipinski definition) is 1. The number of unbranched alkanes of at least 4 members (excludes halogenated alkanes) is 2. The van der Waals surface area contributed by atoms with Gasteiger partial charge >= 0.3 is 0 Å². The van der Waals surface area contributed by atoms with Gasteiger partial charge in [0.25, 0.3) is 0 Å². The third-order valence-electron chi connectivity index (χ3n) is 3.25. The minimum atomic E-state index is -3.56. The van der Waals surface area contributed by atoms with Crippen molar-refractivity contribution in [1.82, 2.24) is 4.72 Å². The van der Waals surface area contributed by atoms with Crippen LogP contribution in [0.3, 0.4) is 0 Å². The van der Waals surface area contributed by atoms with Crippen LogP contribution < -0.4 is 4.72 Å². The standard InChI is InChI=1S/C15H22Cl3NO2S/c1-2-3-4-5-13(17)10-14(18)11-19-22(20,21)15-8-6-12(16)7-9-15/h6-9,13-14,19H,2-5,10-11H2,1H3. The normalized spacial score (nSPS) is 14.7. The van der Waals surface area contributed by atoms with Gasteiger partial charge in [-0.15, -0.1) is 23.2 Å². The van der Waals surface area contributed by atoms with Crippen LogP contribution in [0.1, 0.15) is 39.0 Å². The van der Waals surface area contributed by atoms with Crippen molar-refractivity contribution in [3.05, 3.63) is 29.3 Å². The van der Waals surface area contributed by atoms with Gasteiger partial charge in [0.2, 0.25) is 10.0 Å². The molecule has 1 aromatic carbocycles. The van der Waals surface area contributed by atoms with E-state index in [4.69, 9.17) is 34.8 Å². The van der Waals surface area contributed by atoms with Crippen molar-refractivity contribution in [2.45, 2.75) is 54.7 Å². The Kier molecular flexibility index (Phi) is 9.10. The van der Waals surface area contributed by atoms with Crippen LogP contribution in [0.15, 0.2) is 29.2 Å². The summed E-state index contributed by atoms with van der Waals surface area (Å²) in [7, 11) is -3.56. The lowest BCUT2D eigenvalue weighted by molar-refractivity contribution is 0.568. The zero-order valence-electron chi connectivity index (χ0n) is 12.6. The highest BCUT2D eigenvalue weighted by Gasteiger charge is 2.18. The molecule has 3 nitrogen and oxygen atoms in total. The fraction of sp³-hybridized carbons (Fsp3) is 0.600. The van der Waals surface area contributed by atoms with Crippen molar-refractivity contribution in [3.63, 3.8) is 0 Å². The Labute approximate surface area is 148 Å². The smallest absolute Gasteiger partial charge is 0.210 e. The summed E-state index contributed by atoms with van der Waals surface area (Å²) >= 11 is 18.1. The molecule has 0 saturated carbocycles. The Balaban J connectivity index is 2.42. The van der Waals surface area contributed by atoms with Crippen molar-refractivity contribution in [1.29, 1.82) is 0 Å². The molecule has 0 aliphatic rings. The Bertz CT molecular complexity index is 534. The van der Waals surface area contributed by atoms with Crippen molar-refractivity contribution in [2.75, 3.05) is 6.54 Å². The summed E-state index contributed by atoms with van der Waals surface area (Å²) in [5.41, 5.74) is 0. The number of alkyl halides is 2. The van der Waals surface area contributed by atoms with Crippen molar-refractivity contribution in [2.24, 2.45) is 0 Å². The lowest BCUT2D eigenvalue weighted by Gasteiger charge is -2.15. The summed E-state index contributed by atoms with van der Waals surface area (Å²) in [5, 5.41) is 0.145. The maximum atomic E-state index is 12.1. The summed E-state index contributed by atoms with van der Waals surface area (Å²) in [6, 6.07) is 6.00. The summed E-state index contributed by atoms with van der Waals surface area (Å²) < 4.78 is 26.7. The quantitative estimate of drug-likeness (QED) is 0.463. The number of hydrogen-bond acceptors (Lipinski definition) is 2. The van der Waals surface area contributed by atoms with E-state index in [0.29, 0.717) is 11.4 Å². The molecule has 2 atom stereocenters. The van der Waals surface area contributed by atoms with Crippen LogP contribution in [-0.4, -0.2) is 25.7 Å². The van der Waals surface area contributed by atoms with Gasteiger partial charge < -0.3 is 0 Å². The van der Waals surface area contributed by atoms with Gasteiger partial charge in [0.15, 0.2) is 0 Å². The number of halogens is 3. The summed E-state index contributed by atoms with van der Waals surface area (Å²) in [5.74, 6) is 0. The second-order valence-corrected chi connectivity index (χ2v) is 8.67. The zero-order valence-corrected chi connectivity index (χ0v) is 15.6. The molecule has 0 radical (unpaired) electrons. The van der Waals surface area contributed by atoms with Crippen molar-refractivity contribution in [3.8, 4) is 0 Å². The number of sulfonamides is 1. The van der Waals surface area contributed by atoms with Crippen LogP contribution >= 0.6 is 34.8 Å². The fourth-order valence-corrected chi connectivity index (χ4v) is 4.04. The molecule has 7 heteroatoms. The van der Waals surface area contributed by atoms with Gasteiger partial charge in [-0.2, -0.15) is 0 Å². The molecule has 22 heavy (non-hydrogen) atoms. The van der Waals surface area contributed by atoms with Crippen molar-refractivity contribution >= 4 is 44.8 Å². The first-order valence-corrected chi connectivity index (χ1v) is 10.1. The topological polar surface area (TPSA) is 46.2 Å². The average Bonchev–Trinajstić information content (AvgIpc) is 2.46. The highest BCUT2D eigenvalue weighted by molar-refractivity contribution is 7.89. The minimum absolute atomic E-state index is 0.0194. The van der Waals surface area contributed by atoms with Crippen LogP contribution in [0, 0.1) is 0 Å². The lowest BCUT2D eigenvalue weighted by atomic mass is 10.1.